The van der Waals surface area contributed by atoms with Gasteiger partial charge < -0.3 is 10.5 Å². The van der Waals surface area contributed by atoms with Crippen LogP contribution in [0.2, 0.25) is 0 Å². The number of ether oxygens (including phenoxy) is 1. The van der Waals surface area contributed by atoms with Crippen molar-refractivity contribution in [1.82, 2.24) is 20.6 Å². The lowest BCUT2D eigenvalue weighted by molar-refractivity contribution is 0.0605. The third-order valence-corrected chi connectivity index (χ3v) is 6.04. The number of nitrogens with zero attached hydrogens (tertiary/aromatic N) is 3. The van der Waals surface area contributed by atoms with Gasteiger partial charge in [-0.25, -0.2) is 0 Å². The summed E-state index contributed by atoms with van der Waals surface area (Å²) in [5.74, 6) is 0.746. The Hall–Kier alpha value is -2.21. The van der Waals surface area contributed by atoms with Gasteiger partial charge in [-0.05, 0) is 60.8 Å². The fraction of sp³-hybridized carbons (Fsp3) is 0.550. The molecule has 1 fully saturated rings. The minimum atomic E-state index is -0.262. The van der Waals surface area contributed by atoms with E-state index in [0.717, 1.165) is 42.8 Å². The average molecular weight is 353 g/mol. The molecule has 0 bridgehead atoms. The molecule has 1 aliphatic heterocycles. The molecule has 1 aliphatic carbocycles. The third kappa shape index (κ3) is 3.03. The van der Waals surface area contributed by atoms with Crippen LogP contribution in [0.15, 0.2) is 24.3 Å². The second-order valence-corrected chi connectivity index (χ2v) is 8.33. The first-order valence-corrected chi connectivity index (χ1v) is 9.41. The molecule has 0 atom stereocenters. The molecule has 1 aromatic carbocycles. The molecule has 6 nitrogen and oxygen atoms in total. The van der Waals surface area contributed by atoms with Gasteiger partial charge in [0.25, 0.3) is 0 Å². The second-order valence-electron chi connectivity index (χ2n) is 8.33. The molecule has 4 rings (SSSR count). The molecule has 6 heteroatoms. The number of nitrogens with two attached hydrogens (primary N) is 1. The number of hydrogen-bond acceptors (Lipinski definition) is 5. The molecule has 3 N–H and O–H groups in total. The summed E-state index contributed by atoms with van der Waals surface area (Å²) in [6.07, 6.45) is 7.41. The maximum Gasteiger partial charge on any atom is 0.185 e. The predicted octanol–water partition coefficient (Wildman–Crippen LogP) is 3.47. The number of aromatic amines is 1. The Morgan fingerprint density at radius 1 is 1.15 bits per heavy atom. The highest BCUT2D eigenvalue weighted by atomic mass is 16.5. The lowest BCUT2D eigenvalue weighted by Gasteiger charge is -2.35. The minimum absolute atomic E-state index is 0.262. The number of allylic oxidation sites excluding steroid dienone is 2. The molecule has 2 aliphatic rings. The van der Waals surface area contributed by atoms with Crippen molar-refractivity contribution >= 4 is 11.3 Å². The van der Waals surface area contributed by atoms with Gasteiger partial charge in [0, 0.05) is 24.5 Å². The van der Waals surface area contributed by atoms with E-state index >= 15 is 0 Å². The average Bonchev–Trinajstić information content (AvgIpc) is 3.18. The standard InChI is InChI=1S/C20H27N5O/c1-19(2)7-5-14(6-8-19)16-13-15(3-4-17(16)21)20(9-11-26-12-10-20)18-22-24-25-23-18/h3-5,13H,6-12,21H2,1-2H3,(H,22,23,24,25). The first-order chi connectivity index (χ1) is 12.5. The molecule has 1 aromatic heterocycles. The van der Waals surface area contributed by atoms with Crippen LogP contribution in [-0.4, -0.2) is 33.8 Å². The van der Waals surface area contributed by atoms with Crippen LogP contribution in [0.5, 0.6) is 0 Å². The van der Waals surface area contributed by atoms with E-state index in [1.54, 1.807) is 0 Å². The lowest BCUT2D eigenvalue weighted by Crippen LogP contribution is -2.36. The zero-order valence-corrected chi connectivity index (χ0v) is 15.6. The fourth-order valence-electron chi connectivity index (χ4n) is 4.18. The number of benzene rings is 1. The zero-order chi connectivity index (χ0) is 18.2. The van der Waals surface area contributed by atoms with Gasteiger partial charge >= 0.3 is 0 Å². The number of hydrogen-bond donors (Lipinski definition) is 2. The topological polar surface area (TPSA) is 89.7 Å². The normalized spacial score (nSPS) is 22.0. The first-order valence-electron chi connectivity index (χ1n) is 9.41. The van der Waals surface area contributed by atoms with Crippen molar-refractivity contribution in [2.75, 3.05) is 18.9 Å². The molecule has 0 unspecified atom stereocenters. The van der Waals surface area contributed by atoms with Gasteiger partial charge in [0.1, 0.15) is 0 Å². The summed E-state index contributed by atoms with van der Waals surface area (Å²) in [5.41, 5.74) is 11.0. The van der Waals surface area contributed by atoms with Crippen molar-refractivity contribution < 1.29 is 4.74 Å². The number of H-pyrrole nitrogens is 1. The first kappa shape index (κ1) is 17.2. The van der Waals surface area contributed by atoms with E-state index in [0.29, 0.717) is 18.6 Å². The summed E-state index contributed by atoms with van der Waals surface area (Å²) in [6, 6.07) is 6.40. The number of nitrogen functional groups attached to an aromatic ring is 1. The van der Waals surface area contributed by atoms with Crippen LogP contribution in [0, 0.1) is 5.41 Å². The summed E-state index contributed by atoms with van der Waals surface area (Å²) >= 11 is 0. The molecule has 26 heavy (non-hydrogen) atoms. The Morgan fingerprint density at radius 2 is 1.96 bits per heavy atom. The van der Waals surface area contributed by atoms with Crippen molar-refractivity contribution in [3.8, 4) is 0 Å². The van der Waals surface area contributed by atoms with Crippen LogP contribution in [0.25, 0.3) is 5.57 Å². The van der Waals surface area contributed by atoms with Gasteiger partial charge in [-0.2, -0.15) is 5.21 Å². The summed E-state index contributed by atoms with van der Waals surface area (Å²) in [7, 11) is 0. The van der Waals surface area contributed by atoms with E-state index < -0.39 is 0 Å². The zero-order valence-electron chi connectivity index (χ0n) is 15.6. The Bertz CT molecular complexity index is 804. The summed E-state index contributed by atoms with van der Waals surface area (Å²) in [5, 5.41) is 15.1. The van der Waals surface area contributed by atoms with E-state index in [9.17, 15) is 0 Å². The van der Waals surface area contributed by atoms with Gasteiger partial charge in [0.05, 0.1) is 5.41 Å². The molecule has 1 saturated heterocycles. The Morgan fingerprint density at radius 3 is 2.62 bits per heavy atom. The molecule has 2 aromatic rings. The predicted molar refractivity (Wildman–Crippen MR) is 101 cm³/mol. The monoisotopic (exact) mass is 353 g/mol. The smallest absolute Gasteiger partial charge is 0.185 e. The van der Waals surface area contributed by atoms with Crippen LogP contribution in [0.4, 0.5) is 5.69 Å². The second kappa shape index (κ2) is 6.50. The van der Waals surface area contributed by atoms with Gasteiger partial charge in [-0.1, -0.05) is 31.2 Å². The largest absolute Gasteiger partial charge is 0.398 e. The van der Waals surface area contributed by atoms with Crippen LogP contribution < -0.4 is 5.73 Å². The van der Waals surface area contributed by atoms with E-state index in [4.69, 9.17) is 10.5 Å². The fourth-order valence-corrected chi connectivity index (χ4v) is 4.18. The molecular weight excluding hydrogens is 326 g/mol. The minimum Gasteiger partial charge on any atom is -0.398 e. The molecule has 0 saturated carbocycles. The van der Waals surface area contributed by atoms with Crippen molar-refractivity contribution in [1.29, 1.82) is 0 Å². The Kier molecular flexibility index (Phi) is 4.31. The van der Waals surface area contributed by atoms with Gasteiger partial charge in [-0.15, -0.1) is 10.2 Å². The van der Waals surface area contributed by atoms with Crippen molar-refractivity contribution in [3.63, 3.8) is 0 Å². The van der Waals surface area contributed by atoms with E-state index in [2.05, 4.69) is 52.7 Å². The van der Waals surface area contributed by atoms with Gasteiger partial charge in [-0.3, -0.25) is 0 Å². The maximum absolute atomic E-state index is 6.36. The molecule has 0 amide bonds. The molecule has 138 valence electrons. The van der Waals surface area contributed by atoms with Gasteiger partial charge in [0.15, 0.2) is 5.82 Å². The van der Waals surface area contributed by atoms with Crippen molar-refractivity contribution in [2.24, 2.45) is 5.41 Å². The van der Waals surface area contributed by atoms with Crippen molar-refractivity contribution in [2.45, 2.75) is 51.4 Å². The highest BCUT2D eigenvalue weighted by Gasteiger charge is 2.40. The summed E-state index contributed by atoms with van der Waals surface area (Å²) < 4.78 is 5.62. The van der Waals surface area contributed by atoms with Crippen LogP contribution in [-0.2, 0) is 10.2 Å². The highest BCUT2D eigenvalue weighted by molar-refractivity contribution is 5.76. The number of nitrogens with one attached hydrogen (secondary N) is 1. The highest BCUT2D eigenvalue weighted by Crippen LogP contribution is 2.43. The Labute approximate surface area is 154 Å². The molecular formula is C20H27N5O. The summed E-state index contributed by atoms with van der Waals surface area (Å²) in [4.78, 5) is 0. The van der Waals surface area contributed by atoms with Crippen LogP contribution >= 0.6 is 0 Å². The molecule has 0 spiro atoms. The van der Waals surface area contributed by atoms with E-state index in [1.165, 1.54) is 17.6 Å². The number of tetrazole rings is 1. The molecule has 0 radical (unpaired) electrons. The Balaban J connectivity index is 1.76. The van der Waals surface area contributed by atoms with E-state index in [-0.39, 0.29) is 5.41 Å². The van der Waals surface area contributed by atoms with Crippen molar-refractivity contribution in [3.05, 3.63) is 41.2 Å². The maximum atomic E-state index is 6.36. The number of aromatic nitrogens is 4. The number of rotatable bonds is 3. The SMILES string of the molecule is CC1(C)CC=C(c2cc(C3(c4nn[nH]n4)CCOCC3)ccc2N)CC1. The lowest BCUT2D eigenvalue weighted by atomic mass is 9.72. The van der Waals surface area contributed by atoms with E-state index in [1.807, 2.05) is 6.07 Å². The molecule has 2 heterocycles. The quantitative estimate of drug-likeness (QED) is 0.825. The van der Waals surface area contributed by atoms with Crippen LogP contribution in [0.1, 0.15) is 62.9 Å². The van der Waals surface area contributed by atoms with Gasteiger partial charge in [0.2, 0.25) is 0 Å². The number of anilines is 1. The third-order valence-electron chi connectivity index (χ3n) is 6.04. The summed E-state index contributed by atoms with van der Waals surface area (Å²) in [6.45, 7) is 6.05. The van der Waals surface area contributed by atoms with Crippen LogP contribution in [0.3, 0.4) is 0 Å².